The summed E-state index contributed by atoms with van der Waals surface area (Å²) in [6, 6.07) is 23.6. The molecule has 4 rings (SSSR count). The molecule has 5 heteroatoms. The van der Waals surface area contributed by atoms with Crippen LogP contribution in [0.1, 0.15) is 47.1 Å². The zero-order chi connectivity index (χ0) is 23.4. The van der Waals surface area contributed by atoms with Crippen LogP contribution in [0.4, 0.5) is 10.1 Å². The quantitative estimate of drug-likeness (QED) is 0.151. The highest BCUT2D eigenvalue weighted by molar-refractivity contribution is 6.03. The summed E-state index contributed by atoms with van der Waals surface area (Å²) in [6.07, 6.45) is 6.74. The van der Waals surface area contributed by atoms with Crippen molar-refractivity contribution < 1.29 is 4.39 Å². The molecule has 1 aliphatic carbocycles. The lowest BCUT2D eigenvalue weighted by Gasteiger charge is -2.31. The maximum absolute atomic E-state index is 14.0. The van der Waals surface area contributed by atoms with E-state index in [1.54, 1.807) is 24.3 Å². The molecule has 6 N–H and O–H groups in total. The molecular formula is C28H27FN4. The third-order valence-corrected chi connectivity index (χ3v) is 6.10. The Balaban J connectivity index is 1.95. The van der Waals surface area contributed by atoms with Gasteiger partial charge in [0.2, 0.25) is 5.97 Å². The number of benzene rings is 3. The van der Waals surface area contributed by atoms with Crippen molar-refractivity contribution in [3.8, 4) is 0 Å². The Morgan fingerprint density at radius 1 is 0.879 bits per heavy atom. The number of amidine groups is 1. The van der Waals surface area contributed by atoms with Crippen LogP contribution in [0.2, 0.25) is 0 Å². The molecule has 1 fully saturated rings. The molecule has 0 spiro atoms. The van der Waals surface area contributed by atoms with E-state index in [1.807, 2.05) is 48.5 Å². The molecule has 1 saturated carbocycles. The Hall–Kier alpha value is -3.99. The fraction of sp³-hybridized carbons (Fsp3) is 0.143. The topological polar surface area (TPSA) is 99.7 Å². The second-order valence-electron chi connectivity index (χ2n) is 8.31. The van der Waals surface area contributed by atoms with Crippen LogP contribution in [-0.4, -0.2) is 11.8 Å². The Labute approximate surface area is 193 Å². The zero-order valence-electron chi connectivity index (χ0n) is 18.3. The summed E-state index contributed by atoms with van der Waals surface area (Å²) >= 11 is 0. The van der Waals surface area contributed by atoms with E-state index in [4.69, 9.17) is 22.3 Å². The molecule has 0 aliphatic heterocycles. The number of nitrogens with one attached hydrogen (secondary N) is 2. The van der Waals surface area contributed by atoms with Crippen LogP contribution in [0.25, 0.3) is 17.2 Å². The Kier molecular flexibility index (Phi) is 6.50. The van der Waals surface area contributed by atoms with E-state index in [0.717, 1.165) is 40.7 Å². The van der Waals surface area contributed by atoms with Crippen molar-refractivity contribution in [2.75, 3.05) is 5.73 Å². The van der Waals surface area contributed by atoms with Crippen LogP contribution >= 0.6 is 0 Å². The molecule has 4 nitrogen and oxygen atoms in total. The van der Waals surface area contributed by atoms with Gasteiger partial charge in [-0.2, -0.15) is 4.39 Å². The molecule has 0 bridgehead atoms. The predicted molar refractivity (Wildman–Crippen MR) is 136 cm³/mol. The SMILES string of the molecule is N=C(N)/C=C/c1ccc(/C(=C(\c2ccccc2)C2CCC2)c2ccc(N)c(C(=N)F)c2)cc1. The van der Waals surface area contributed by atoms with Gasteiger partial charge in [-0.1, -0.05) is 73.2 Å². The first-order chi connectivity index (χ1) is 15.9. The van der Waals surface area contributed by atoms with Gasteiger partial charge in [-0.25, -0.2) is 0 Å². The zero-order valence-corrected chi connectivity index (χ0v) is 18.3. The molecule has 0 atom stereocenters. The first-order valence-corrected chi connectivity index (χ1v) is 11.0. The number of nitrogen functional groups attached to an aromatic ring is 1. The molecule has 0 saturated heterocycles. The lowest BCUT2D eigenvalue weighted by Crippen LogP contribution is -2.15. The number of halogens is 1. The van der Waals surface area contributed by atoms with Gasteiger partial charge in [-0.3, -0.25) is 10.8 Å². The van der Waals surface area contributed by atoms with Crippen LogP contribution in [0, 0.1) is 16.7 Å². The Morgan fingerprint density at radius 2 is 1.55 bits per heavy atom. The molecule has 3 aromatic carbocycles. The highest BCUT2D eigenvalue weighted by atomic mass is 19.1. The van der Waals surface area contributed by atoms with Crippen LogP contribution in [0.3, 0.4) is 0 Å². The highest BCUT2D eigenvalue weighted by Crippen LogP contribution is 2.45. The van der Waals surface area contributed by atoms with Crippen molar-refractivity contribution in [3.05, 3.63) is 107 Å². The van der Waals surface area contributed by atoms with E-state index < -0.39 is 5.97 Å². The molecular weight excluding hydrogens is 411 g/mol. The average molecular weight is 439 g/mol. The average Bonchev–Trinajstić information content (AvgIpc) is 2.78. The van der Waals surface area contributed by atoms with Crippen molar-refractivity contribution in [3.63, 3.8) is 0 Å². The third-order valence-electron chi connectivity index (χ3n) is 6.10. The first-order valence-electron chi connectivity index (χ1n) is 11.0. The second kappa shape index (κ2) is 9.65. The van der Waals surface area contributed by atoms with Crippen molar-refractivity contribution >= 4 is 34.7 Å². The number of allylic oxidation sites excluding steroid dienone is 1. The number of hydrogen-bond donors (Lipinski definition) is 4. The fourth-order valence-electron chi connectivity index (χ4n) is 4.23. The van der Waals surface area contributed by atoms with Gasteiger partial charge < -0.3 is 11.5 Å². The van der Waals surface area contributed by atoms with Crippen LogP contribution < -0.4 is 11.5 Å². The summed E-state index contributed by atoms with van der Waals surface area (Å²) in [5.41, 5.74) is 17.9. The van der Waals surface area contributed by atoms with Crippen molar-refractivity contribution in [2.24, 2.45) is 11.7 Å². The largest absolute Gasteiger partial charge is 0.398 e. The summed E-state index contributed by atoms with van der Waals surface area (Å²) in [5.74, 6) is -0.632. The molecule has 33 heavy (non-hydrogen) atoms. The highest BCUT2D eigenvalue weighted by Gasteiger charge is 2.27. The Morgan fingerprint density at radius 3 is 2.12 bits per heavy atom. The Bertz CT molecular complexity index is 1240. The van der Waals surface area contributed by atoms with Gasteiger partial charge in [0.05, 0.1) is 5.56 Å². The number of anilines is 1. The van der Waals surface area contributed by atoms with E-state index in [0.29, 0.717) is 5.92 Å². The van der Waals surface area contributed by atoms with E-state index in [1.165, 1.54) is 12.0 Å². The smallest absolute Gasteiger partial charge is 0.214 e. The van der Waals surface area contributed by atoms with Gasteiger partial charge in [0.15, 0.2) is 0 Å². The third kappa shape index (κ3) is 4.93. The van der Waals surface area contributed by atoms with E-state index >= 15 is 0 Å². The monoisotopic (exact) mass is 438 g/mol. The summed E-state index contributed by atoms with van der Waals surface area (Å²) in [5, 5.41) is 14.9. The fourth-order valence-corrected chi connectivity index (χ4v) is 4.23. The predicted octanol–water partition coefficient (Wildman–Crippen LogP) is 6.27. The number of nitrogens with two attached hydrogens (primary N) is 2. The van der Waals surface area contributed by atoms with Gasteiger partial charge >= 0.3 is 0 Å². The van der Waals surface area contributed by atoms with Gasteiger partial charge in [0.25, 0.3) is 0 Å². The molecule has 3 aromatic rings. The van der Waals surface area contributed by atoms with Gasteiger partial charge in [-0.15, -0.1) is 0 Å². The minimum absolute atomic E-state index is 0.000849. The molecule has 0 aromatic heterocycles. The molecule has 0 heterocycles. The van der Waals surface area contributed by atoms with E-state index in [9.17, 15) is 4.39 Å². The summed E-state index contributed by atoms with van der Waals surface area (Å²) in [4.78, 5) is 0. The summed E-state index contributed by atoms with van der Waals surface area (Å²) < 4.78 is 14.0. The maximum atomic E-state index is 14.0. The van der Waals surface area contributed by atoms with Crippen molar-refractivity contribution in [1.29, 1.82) is 10.8 Å². The molecule has 0 radical (unpaired) electrons. The first kappa shape index (κ1) is 22.2. The van der Waals surface area contributed by atoms with Crippen molar-refractivity contribution in [2.45, 2.75) is 19.3 Å². The molecule has 0 unspecified atom stereocenters. The van der Waals surface area contributed by atoms with Crippen LogP contribution in [-0.2, 0) is 0 Å². The minimum atomic E-state index is -1.04. The normalized spacial score (nSPS) is 14.6. The summed E-state index contributed by atoms with van der Waals surface area (Å²) in [7, 11) is 0. The van der Waals surface area contributed by atoms with Gasteiger partial charge in [-0.05, 0) is 70.4 Å². The van der Waals surface area contributed by atoms with Crippen LogP contribution in [0.5, 0.6) is 0 Å². The van der Waals surface area contributed by atoms with E-state index in [2.05, 4.69) is 12.1 Å². The number of hydrogen-bond acceptors (Lipinski definition) is 3. The maximum Gasteiger partial charge on any atom is 0.214 e. The molecule has 1 aliphatic rings. The molecule has 166 valence electrons. The molecule has 0 amide bonds. The lowest BCUT2D eigenvalue weighted by atomic mass is 9.73. The summed E-state index contributed by atoms with van der Waals surface area (Å²) in [6.45, 7) is 0. The van der Waals surface area contributed by atoms with Crippen LogP contribution in [0.15, 0.2) is 78.9 Å². The second-order valence-corrected chi connectivity index (χ2v) is 8.31. The minimum Gasteiger partial charge on any atom is -0.398 e. The van der Waals surface area contributed by atoms with E-state index in [-0.39, 0.29) is 17.1 Å². The number of rotatable bonds is 7. The lowest BCUT2D eigenvalue weighted by molar-refractivity contribution is 0.401. The standard InChI is InChI=1S/C28H27FN4/c29-28(33)23-17-22(14-15-24(23)30)27(21-12-9-18(10-13-21)11-16-25(31)32)26(20-7-4-8-20)19-5-2-1-3-6-19/h1-3,5-6,9-17,20,33H,4,7-8,30H2,(H3,31,32)/b16-11+,27-26-,33-28?. The van der Waals surface area contributed by atoms with Gasteiger partial charge in [0, 0.05) is 5.69 Å². The van der Waals surface area contributed by atoms with Crippen molar-refractivity contribution in [1.82, 2.24) is 0 Å². The van der Waals surface area contributed by atoms with Gasteiger partial charge in [0.1, 0.15) is 5.84 Å².